The third kappa shape index (κ3) is 2.84. The molecule has 0 amide bonds. The first kappa shape index (κ1) is 12.5. The molecule has 0 fully saturated rings. The largest absolute Gasteiger partial charge is 0.472 e. The molecular formula is C12H14N4OS. The Bertz CT molecular complexity index is 553. The maximum absolute atomic E-state index is 5.60. The highest BCUT2D eigenvalue weighted by molar-refractivity contribution is 7.80. The number of hydrogen-bond acceptors (Lipinski definition) is 5. The van der Waals surface area contributed by atoms with Gasteiger partial charge in [-0.15, -0.1) is 0 Å². The summed E-state index contributed by atoms with van der Waals surface area (Å²) in [6, 6.07) is 3.68. The molecule has 2 aromatic rings. The minimum absolute atomic E-state index is 0.276. The van der Waals surface area contributed by atoms with Gasteiger partial charge in [-0.3, -0.25) is 0 Å². The van der Waals surface area contributed by atoms with Gasteiger partial charge in [0.15, 0.2) is 0 Å². The molecule has 0 unspecified atom stereocenters. The Morgan fingerprint density at radius 1 is 1.50 bits per heavy atom. The van der Waals surface area contributed by atoms with E-state index in [1.807, 2.05) is 24.9 Å². The van der Waals surface area contributed by atoms with Crippen LogP contribution >= 0.6 is 12.2 Å². The molecule has 2 aromatic heterocycles. The Balaban J connectivity index is 2.24. The van der Waals surface area contributed by atoms with Gasteiger partial charge in [0.1, 0.15) is 10.7 Å². The fraction of sp³-hybridized carbons (Fsp3) is 0.250. The van der Waals surface area contributed by atoms with Crippen LogP contribution in [0, 0.1) is 6.92 Å². The van der Waals surface area contributed by atoms with E-state index in [1.165, 1.54) is 0 Å². The second-order valence-corrected chi connectivity index (χ2v) is 4.49. The summed E-state index contributed by atoms with van der Waals surface area (Å²) < 4.78 is 5.03. The van der Waals surface area contributed by atoms with Crippen molar-refractivity contribution in [2.24, 2.45) is 5.73 Å². The molecule has 0 bridgehead atoms. The van der Waals surface area contributed by atoms with E-state index in [9.17, 15) is 0 Å². The van der Waals surface area contributed by atoms with Crippen LogP contribution in [-0.2, 0) is 6.54 Å². The fourth-order valence-corrected chi connectivity index (χ4v) is 1.68. The van der Waals surface area contributed by atoms with Gasteiger partial charge in [0.05, 0.1) is 12.5 Å². The van der Waals surface area contributed by atoms with Gasteiger partial charge in [0, 0.05) is 24.8 Å². The first-order valence-electron chi connectivity index (χ1n) is 5.44. The average Bonchev–Trinajstić information content (AvgIpc) is 2.80. The quantitative estimate of drug-likeness (QED) is 0.845. The van der Waals surface area contributed by atoms with Crippen molar-refractivity contribution in [2.45, 2.75) is 13.5 Å². The SMILES string of the molecule is Cc1cc(C(N)=S)nc(N(C)Cc2ccoc2)n1. The van der Waals surface area contributed by atoms with Crippen LogP contribution in [-0.4, -0.2) is 22.0 Å². The molecule has 6 heteroatoms. The van der Waals surface area contributed by atoms with E-state index in [0.717, 1.165) is 11.3 Å². The highest BCUT2D eigenvalue weighted by Crippen LogP contribution is 2.12. The van der Waals surface area contributed by atoms with Crippen LogP contribution < -0.4 is 10.6 Å². The number of thiocarbonyl (C=S) groups is 1. The standard InChI is InChI=1S/C12H14N4OS/c1-8-5-10(11(13)18)15-12(14-8)16(2)6-9-3-4-17-7-9/h3-5,7H,6H2,1-2H3,(H2,13,18). The second kappa shape index (κ2) is 5.14. The molecule has 18 heavy (non-hydrogen) atoms. The predicted octanol–water partition coefficient (Wildman–Crippen LogP) is 1.65. The van der Waals surface area contributed by atoms with Gasteiger partial charge in [-0.05, 0) is 19.1 Å². The van der Waals surface area contributed by atoms with Crippen LogP contribution in [0.2, 0.25) is 0 Å². The summed E-state index contributed by atoms with van der Waals surface area (Å²) in [7, 11) is 1.91. The van der Waals surface area contributed by atoms with Crippen LogP contribution in [0.15, 0.2) is 29.1 Å². The van der Waals surface area contributed by atoms with E-state index in [2.05, 4.69) is 9.97 Å². The third-order valence-electron chi connectivity index (χ3n) is 2.44. The van der Waals surface area contributed by atoms with Crippen molar-refractivity contribution in [1.82, 2.24) is 9.97 Å². The second-order valence-electron chi connectivity index (χ2n) is 4.05. The van der Waals surface area contributed by atoms with E-state index in [4.69, 9.17) is 22.4 Å². The van der Waals surface area contributed by atoms with Gasteiger partial charge < -0.3 is 15.1 Å². The number of anilines is 1. The van der Waals surface area contributed by atoms with Crippen LogP contribution in [0.3, 0.4) is 0 Å². The number of hydrogen-bond donors (Lipinski definition) is 1. The fourth-order valence-electron chi connectivity index (χ4n) is 1.58. The maximum atomic E-state index is 5.60. The average molecular weight is 262 g/mol. The van der Waals surface area contributed by atoms with Crippen molar-refractivity contribution in [3.63, 3.8) is 0 Å². The Morgan fingerprint density at radius 2 is 2.28 bits per heavy atom. The minimum Gasteiger partial charge on any atom is -0.472 e. The summed E-state index contributed by atoms with van der Waals surface area (Å²) >= 11 is 4.94. The van der Waals surface area contributed by atoms with E-state index in [0.29, 0.717) is 18.2 Å². The summed E-state index contributed by atoms with van der Waals surface area (Å²) in [4.78, 5) is 10.9. The van der Waals surface area contributed by atoms with Crippen LogP contribution in [0.1, 0.15) is 17.0 Å². The lowest BCUT2D eigenvalue weighted by Gasteiger charge is -2.17. The van der Waals surface area contributed by atoms with Gasteiger partial charge in [0.2, 0.25) is 5.95 Å². The molecule has 5 nitrogen and oxygen atoms in total. The zero-order valence-electron chi connectivity index (χ0n) is 10.3. The molecule has 0 aliphatic heterocycles. The Morgan fingerprint density at radius 3 is 2.89 bits per heavy atom. The molecule has 2 N–H and O–H groups in total. The molecule has 0 aromatic carbocycles. The Kier molecular flexibility index (Phi) is 3.57. The van der Waals surface area contributed by atoms with Gasteiger partial charge in [-0.25, -0.2) is 9.97 Å². The zero-order chi connectivity index (χ0) is 13.1. The number of nitrogens with two attached hydrogens (primary N) is 1. The van der Waals surface area contributed by atoms with Crippen molar-refractivity contribution in [1.29, 1.82) is 0 Å². The molecule has 0 atom stereocenters. The maximum Gasteiger partial charge on any atom is 0.226 e. The van der Waals surface area contributed by atoms with Gasteiger partial charge in [0.25, 0.3) is 0 Å². The minimum atomic E-state index is 0.276. The van der Waals surface area contributed by atoms with Gasteiger partial charge >= 0.3 is 0 Å². The Labute approximate surface area is 111 Å². The van der Waals surface area contributed by atoms with Crippen molar-refractivity contribution >= 4 is 23.2 Å². The van der Waals surface area contributed by atoms with Crippen molar-refractivity contribution in [2.75, 3.05) is 11.9 Å². The molecule has 0 spiro atoms. The van der Waals surface area contributed by atoms with E-state index in [-0.39, 0.29) is 4.99 Å². The lowest BCUT2D eigenvalue weighted by Crippen LogP contribution is -2.21. The highest BCUT2D eigenvalue weighted by Gasteiger charge is 2.09. The number of furan rings is 1. The normalized spacial score (nSPS) is 10.3. The summed E-state index contributed by atoms with van der Waals surface area (Å²) in [6.07, 6.45) is 3.33. The van der Waals surface area contributed by atoms with Gasteiger partial charge in [-0.2, -0.15) is 0 Å². The molecule has 0 aliphatic carbocycles. The summed E-state index contributed by atoms with van der Waals surface area (Å²) in [6.45, 7) is 2.55. The molecular weight excluding hydrogens is 248 g/mol. The van der Waals surface area contributed by atoms with Crippen LogP contribution in [0.25, 0.3) is 0 Å². The zero-order valence-corrected chi connectivity index (χ0v) is 11.1. The van der Waals surface area contributed by atoms with Crippen molar-refractivity contribution in [3.05, 3.63) is 41.6 Å². The molecule has 0 radical (unpaired) electrons. The third-order valence-corrected chi connectivity index (χ3v) is 2.65. The summed E-state index contributed by atoms with van der Waals surface area (Å²) in [5.74, 6) is 0.596. The van der Waals surface area contributed by atoms with E-state index >= 15 is 0 Å². The molecule has 2 heterocycles. The lowest BCUT2D eigenvalue weighted by molar-refractivity contribution is 0.563. The number of aryl methyl sites for hydroxylation is 1. The molecule has 0 saturated heterocycles. The summed E-state index contributed by atoms with van der Waals surface area (Å²) in [5.41, 5.74) is 8.07. The smallest absolute Gasteiger partial charge is 0.226 e. The molecule has 2 rings (SSSR count). The molecule has 94 valence electrons. The highest BCUT2D eigenvalue weighted by atomic mass is 32.1. The number of rotatable bonds is 4. The predicted molar refractivity (Wildman–Crippen MR) is 73.5 cm³/mol. The first-order chi connectivity index (χ1) is 8.56. The number of aromatic nitrogens is 2. The lowest BCUT2D eigenvalue weighted by atomic mass is 10.3. The molecule has 0 aliphatic rings. The van der Waals surface area contributed by atoms with Crippen molar-refractivity contribution in [3.8, 4) is 0 Å². The first-order valence-corrected chi connectivity index (χ1v) is 5.85. The molecule has 0 saturated carbocycles. The number of nitrogens with zero attached hydrogens (tertiary/aromatic N) is 3. The van der Waals surface area contributed by atoms with E-state index < -0.39 is 0 Å². The van der Waals surface area contributed by atoms with Crippen molar-refractivity contribution < 1.29 is 4.42 Å². The summed E-state index contributed by atoms with van der Waals surface area (Å²) in [5, 5.41) is 0. The van der Waals surface area contributed by atoms with Crippen LogP contribution in [0.5, 0.6) is 0 Å². The monoisotopic (exact) mass is 262 g/mol. The topological polar surface area (TPSA) is 68.2 Å². The van der Waals surface area contributed by atoms with E-state index in [1.54, 1.807) is 18.6 Å². The Hall–Kier alpha value is -1.95. The van der Waals surface area contributed by atoms with Gasteiger partial charge in [-0.1, -0.05) is 12.2 Å². The van der Waals surface area contributed by atoms with Crippen LogP contribution in [0.4, 0.5) is 5.95 Å².